The summed E-state index contributed by atoms with van der Waals surface area (Å²) in [6.07, 6.45) is 0. The van der Waals surface area contributed by atoms with E-state index >= 15 is 0 Å². The zero-order chi connectivity index (χ0) is 14.4. The van der Waals surface area contributed by atoms with Gasteiger partial charge in [0.25, 0.3) is 0 Å². The molecular formula is C16H15BrO3. The molecule has 0 spiro atoms. The minimum atomic E-state index is -0.340. The lowest BCUT2D eigenvalue weighted by molar-refractivity contribution is 0.0472. The molecule has 104 valence electrons. The van der Waals surface area contributed by atoms with E-state index in [1.165, 1.54) is 0 Å². The summed E-state index contributed by atoms with van der Waals surface area (Å²) in [7, 11) is 0. The minimum Gasteiger partial charge on any atom is -0.494 e. The minimum absolute atomic E-state index is 0.255. The molecule has 0 saturated carbocycles. The van der Waals surface area contributed by atoms with Gasteiger partial charge in [0.1, 0.15) is 12.4 Å². The quantitative estimate of drug-likeness (QED) is 0.768. The predicted octanol–water partition coefficient (Wildman–Crippen LogP) is 4.20. The number of hydrogen-bond acceptors (Lipinski definition) is 3. The molecule has 0 saturated heterocycles. The standard InChI is InChI=1S/C16H15BrO3/c1-2-19-15-8-6-13(7-9-15)16(18)20-11-12-4-3-5-14(17)10-12/h3-10H,2,11H2,1H3. The van der Waals surface area contributed by atoms with Gasteiger partial charge in [0.05, 0.1) is 12.2 Å². The maximum Gasteiger partial charge on any atom is 0.338 e. The van der Waals surface area contributed by atoms with E-state index in [-0.39, 0.29) is 12.6 Å². The molecule has 0 heterocycles. The van der Waals surface area contributed by atoms with E-state index in [0.29, 0.717) is 12.2 Å². The van der Waals surface area contributed by atoms with Gasteiger partial charge in [0.2, 0.25) is 0 Å². The largest absolute Gasteiger partial charge is 0.494 e. The van der Waals surface area contributed by atoms with Crippen molar-refractivity contribution in [1.82, 2.24) is 0 Å². The lowest BCUT2D eigenvalue weighted by atomic mass is 10.2. The zero-order valence-corrected chi connectivity index (χ0v) is 12.7. The highest BCUT2D eigenvalue weighted by Gasteiger charge is 2.07. The Morgan fingerprint density at radius 2 is 1.90 bits per heavy atom. The normalized spacial score (nSPS) is 10.1. The summed E-state index contributed by atoms with van der Waals surface area (Å²) < 4.78 is 11.6. The average molecular weight is 335 g/mol. The second-order valence-electron chi connectivity index (χ2n) is 4.16. The van der Waals surface area contributed by atoms with Gasteiger partial charge in [-0.3, -0.25) is 0 Å². The first kappa shape index (κ1) is 14.6. The van der Waals surface area contributed by atoms with E-state index in [1.807, 2.05) is 31.2 Å². The molecule has 4 heteroatoms. The van der Waals surface area contributed by atoms with E-state index in [2.05, 4.69) is 15.9 Å². The molecule has 0 amide bonds. The van der Waals surface area contributed by atoms with Crippen molar-refractivity contribution < 1.29 is 14.3 Å². The fraction of sp³-hybridized carbons (Fsp3) is 0.188. The predicted molar refractivity (Wildman–Crippen MR) is 80.9 cm³/mol. The Morgan fingerprint density at radius 3 is 2.55 bits per heavy atom. The van der Waals surface area contributed by atoms with Crippen molar-refractivity contribution >= 4 is 21.9 Å². The van der Waals surface area contributed by atoms with Crippen LogP contribution in [0.1, 0.15) is 22.8 Å². The molecule has 0 N–H and O–H groups in total. The second kappa shape index (κ2) is 7.10. The fourth-order valence-corrected chi connectivity index (χ4v) is 2.16. The summed E-state index contributed by atoms with van der Waals surface area (Å²) >= 11 is 3.38. The van der Waals surface area contributed by atoms with Crippen molar-refractivity contribution in [2.45, 2.75) is 13.5 Å². The summed E-state index contributed by atoms with van der Waals surface area (Å²) in [5.74, 6) is 0.407. The number of esters is 1. The Balaban J connectivity index is 1.94. The first-order valence-corrected chi connectivity index (χ1v) is 7.13. The molecule has 0 aliphatic heterocycles. The van der Waals surface area contributed by atoms with E-state index < -0.39 is 0 Å². The number of hydrogen-bond donors (Lipinski definition) is 0. The molecule has 2 aromatic carbocycles. The third-order valence-electron chi connectivity index (χ3n) is 2.66. The Hall–Kier alpha value is -1.81. The van der Waals surface area contributed by atoms with E-state index in [9.17, 15) is 4.79 Å². The molecule has 2 rings (SSSR count). The van der Waals surface area contributed by atoms with Crippen LogP contribution in [0.2, 0.25) is 0 Å². The number of carbonyl (C=O) groups is 1. The maximum absolute atomic E-state index is 11.9. The van der Waals surface area contributed by atoms with Crippen LogP contribution >= 0.6 is 15.9 Å². The van der Waals surface area contributed by atoms with Crippen molar-refractivity contribution in [3.63, 3.8) is 0 Å². The maximum atomic E-state index is 11.9. The number of carbonyl (C=O) groups excluding carboxylic acids is 1. The fourth-order valence-electron chi connectivity index (χ4n) is 1.71. The molecule has 0 atom stereocenters. The van der Waals surface area contributed by atoms with Gasteiger partial charge in [-0.2, -0.15) is 0 Å². The number of benzene rings is 2. The Kier molecular flexibility index (Phi) is 5.18. The van der Waals surface area contributed by atoms with Crippen molar-refractivity contribution in [3.8, 4) is 5.75 Å². The van der Waals surface area contributed by atoms with Crippen LogP contribution in [0.15, 0.2) is 53.0 Å². The van der Waals surface area contributed by atoms with Crippen LogP contribution in [0, 0.1) is 0 Å². The summed E-state index contributed by atoms with van der Waals surface area (Å²) in [5, 5.41) is 0. The number of halogens is 1. The first-order valence-electron chi connectivity index (χ1n) is 6.33. The third kappa shape index (κ3) is 4.10. The summed E-state index contributed by atoms with van der Waals surface area (Å²) in [5.41, 5.74) is 1.46. The van der Waals surface area contributed by atoms with Crippen molar-refractivity contribution in [3.05, 3.63) is 64.1 Å². The van der Waals surface area contributed by atoms with E-state index in [1.54, 1.807) is 24.3 Å². The van der Waals surface area contributed by atoms with Gasteiger partial charge in [-0.25, -0.2) is 4.79 Å². The molecular weight excluding hydrogens is 320 g/mol. The topological polar surface area (TPSA) is 35.5 Å². The highest BCUT2D eigenvalue weighted by atomic mass is 79.9. The van der Waals surface area contributed by atoms with Crippen LogP contribution in [-0.2, 0) is 11.3 Å². The van der Waals surface area contributed by atoms with Gasteiger partial charge in [0.15, 0.2) is 0 Å². The zero-order valence-electron chi connectivity index (χ0n) is 11.1. The van der Waals surface area contributed by atoms with Crippen molar-refractivity contribution in [2.24, 2.45) is 0 Å². The Labute approximate surface area is 126 Å². The lowest BCUT2D eigenvalue weighted by Gasteiger charge is -2.06. The number of ether oxygens (including phenoxy) is 2. The van der Waals surface area contributed by atoms with Crippen molar-refractivity contribution in [1.29, 1.82) is 0 Å². The number of rotatable bonds is 5. The van der Waals surface area contributed by atoms with Crippen LogP contribution in [-0.4, -0.2) is 12.6 Å². The van der Waals surface area contributed by atoms with Gasteiger partial charge in [-0.15, -0.1) is 0 Å². The second-order valence-corrected chi connectivity index (χ2v) is 5.08. The van der Waals surface area contributed by atoms with Gasteiger partial charge in [-0.05, 0) is 48.9 Å². The molecule has 0 aliphatic rings. The Bertz CT molecular complexity index is 579. The molecule has 0 bridgehead atoms. The monoisotopic (exact) mass is 334 g/mol. The van der Waals surface area contributed by atoms with E-state index in [0.717, 1.165) is 15.8 Å². The molecule has 0 aromatic heterocycles. The van der Waals surface area contributed by atoms with Gasteiger partial charge < -0.3 is 9.47 Å². The van der Waals surface area contributed by atoms with E-state index in [4.69, 9.17) is 9.47 Å². The van der Waals surface area contributed by atoms with Crippen LogP contribution in [0.4, 0.5) is 0 Å². The first-order chi connectivity index (χ1) is 9.69. The molecule has 0 unspecified atom stereocenters. The van der Waals surface area contributed by atoms with Gasteiger partial charge in [0, 0.05) is 4.47 Å². The molecule has 20 heavy (non-hydrogen) atoms. The van der Waals surface area contributed by atoms with Crippen LogP contribution in [0.5, 0.6) is 5.75 Å². The third-order valence-corrected chi connectivity index (χ3v) is 3.15. The summed E-state index contributed by atoms with van der Waals surface area (Å²) in [6.45, 7) is 2.78. The van der Waals surface area contributed by atoms with Crippen molar-refractivity contribution in [2.75, 3.05) is 6.61 Å². The Morgan fingerprint density at radius 1 is 1.15 bits per heavy atom. The SMILES string of the molecule is CCOc1ccc(C(=O)OCc2cccc(Br)c2)cc1. The average Bonchev–Trinajstić information content (AvgIpc) is 2.46. The smallest absolute Gasteiger partial charge is 0.338 e. The highest BCUT2D eigenvalue weighted by molar-refractivity contribution is 9.10. The summed E-state index contributed by atoms with van der Waals surface area (Å²) in [6, 6.07) is 14.6. The van der Waals surface area contributed by atoms with Crippen LogP contribution in [0.25, 0.3) is 0 Å². The van der Waals surface area contributed by atoms with Crippen LogP contribution < -0.4 is 4.74 Å². The van der Waals surface area contributed by atoms with Crippen LogP contribution in [0.3, 0.4) is 0 Å². The molecule has 2 aromatic rings. The molecule has 3 nitrogen and oxygen atoms in total. The molecule has 0 fully saturated rings. The lowest BCUT2D eigenvalue weighted by Crippen LogP contribution is -2.05. The van der Waals surface area contributed by atoms with Gasteiger partial charge >= 0.3 is 5.97 Å². The summed E-state index contributed by atoms with van der Waals surface area (Å²) in [4.78, 5) is 11.9. The molecule has 0 aliphatic carbocycles. The highest BCUT2D eigenvalue weighted by Crippen LogP contribution is 2.15. The molecule has 0 radical (unpaired) electrons. The van der Waals surface area contributed by atoms with Gasteiger partial charge in [-0.1, -0.05) is 28.1 Å².